The summed E-state index contributed by atoms with van der Waals surface area (Å²) in [5.74, 6) is 2.33. The van der Waals surface area contributed by atoms with Gasteiger partial charge in [0.15, 0.2) is 0 Å². The van der Waals surface area contributed by atoms with Crippen LogP contribution in [0.2, 0.25) is 0 Å². The molecule has 0 saturated heterocycles. The summed E-state index contributed by atoms with van der Waals surface area (Å²) in [5, 5.41) is 10.3. The van der Waals surface area contributed by atoms with Crippen LogP contribution in [0.15, 0.2) is 59.7 Å². The molecular weight excluding hydrogens is 386 g/mol. The Hall–Kier alpha value is -2.49. The topological polar surface area (TPSA) is 49.8 Å². The van der Waals surface area contributed by atoms with Crippen molar-refractivity contribution < 1.29 is 14.6 Å². The minimum atomic E-state index is -0.888. The summed E-state index contributed by atoms with van der Waals surface area (Å²) in [4.78, 5) is 14.1. The lowest BCUT2D eigenvalue weighted by atomic mass is 9.53. The number of carbonyl (C=O) groups is 1. The van der Waals surface area contributed by atoms with Crippen molar-refractivity contribution in [2.24, 2.45) is 23.2 Å². The van der Waals surface area contributed by atoms with Crippen molar-refractivity contribution in [1.29, 1.82) is 0 Å². The fourth-order valence-corrected chi connectivity index (χ4v) is 7.41. The van der Waals surface area contributed by atoms with Crippen LogP contribution >= 0.6 is 0 Å². The largest absolute Gasteiger partial charge is 0.497 e. The Morgan fingerprint density at radius 2 is 2.06 bits per heavy atom. The van der Waals surface area contributed by atoms with E-state index in [2.05, 4.69) is 25.7 Å². The molecule has 0 spiro atoms. The highest BCUT2D eigenvalue weighted by Crippen LogP contribution is 2.63. The van der Waals surface area contributed by atoms with Crippen molar-refractivity contribution >= 4 is 11.8 Å². The summed E-state index contributed by atoms with van der Waals surface area (Å²) in [6.45, 7) is 6.85. The number of allylic oxidation sites excluding steroid dienone is 4. The molecule has 164 valence electrons. The molecule has 0 bridgehead atoms. The van der Waals surface area contributed by atoms with Crippen LogP contribution in [-0.4, -0.2) is 24.4 Å². The number of methoxy groups -OCH3 is 1. The second-order valence-corrected chi connectivity index (χ2v) is 10.1. The fraction of sp³-hybridized carbons (Fsp3) is 0.519. The second kappa shape index (κ2) is 7.58. The lowest BCUT2D eigenvalue weighted by Crippen LogP contribution is -2.52. The zero-order chi connectivity index (χ0) is 21.8. The Morgan fingerprint density at radius 1 is 1.26 bits per heavy atom. The molecule has 2 unspecified atom stereocenters. The lowest BCUT2D eigenvalue weighted by Gasteiger charge is -2.53. The van der Waals surface area contributed by atoms with Crippen LogP contribution in [0.25, 0.3) is 0 Å². The molecule has 4 heteroatoms. The zero-order valence-corrected chi connectivity index (χ0v) is 18.6. The van der Waals surface area contributed by atoms with Gasteiger partial charge in [-0.1, -0.05) is 48.4 Å². The minimum absolute atomic E-state index is 0.0811. The summed E-state index contributed by atoms with van der Waals surface area (Å²) in [7, 11) is 1.62. The first kappa shape index (κ1) is 20.4. The van der Waals surface area contributed by atoms with Crippen LogP contribution in [0.3, 0.4) is 0 Å². The number of nitrogens with zero attached hydrogens (tertiary/aromatic N) is 1. The molecule has 2 fully saturated rings. The van der Waals surface area contributed by atoms with Gasteiger partial charge in [-0.25, -0.2) is 4.79 Å². The maximum Gasteiger partial charge on any atom is 0.412 e. The molecule has 4 nitrogen and oxygen atoms in total. The Balaban J connectivity index is 1.50. The maximum atomic E-state index is 12.5. The summed E-state index contributed by atoms with van der Waals surface area (Å²) < 4.78 is 5.37. The Bertz CT molecular complexity index is 976. The molecule has 5 rings (SSSR count). The van der Waals surface area contributed by atoms with Gasteiger partial charge in [-0.15, -0.1) is 0 Å². The molecule has 4 aliphatic carbocycles. The molecule has 4 aliphatic rings. The van der Waals surface area contributed by atoms with Gasteiger partial charge in [-0.05, 0) is 80.2 Å². The standard InChI is InChI=1S/C27H33NO3/c1-17-15-24(28(26(29)30)19-8-6-9-20(16-19)31-3)27(2)14-13-22-21-10-5-4-7-18(21)11-12-23(22)25(17)27/h4-6,8-9,16,22-25H,1,7,10-15H2,2-3H3,(H,29,30)/t22?,23?,24-,25+,27+/m0/s1. The Labute approximate surface area is 185 Å². The van der Waals surface area contributed by atoms with Crippen molar-refractivity contribution in [1.82, 2.24) is 0 Å². The normalized spacial score (nSPS) is 34.1. The van der Waals surface area contributed by atoms with Gasteiger partial charge >= 0.3 is 6.09 Å². The highest BCUT2D eigenvalue weighted by Gasteiger charge is 2.58. The van der Waals surface area contributed by atoms with E-state index in [0.29, 0.717) is 29.2 Å². The third-order valence-electron chi connectivity index (χ3n) is 8.71. The molecular formula is C27H33NO3. The quantitative estimate of drug-likeness (QED) is 0.562. The fourth-order valence-electron chi connectivity index (χ4n) is 7.41. The number of amides is 1. The van der Waals surface area contributed by atoms with Gasteiger partial charge in [0.05, 0.1) is 12.8 Å². The van der Waals surface area contributed by atoms with E-state index >= 15 is 0 Å². The predicted molar refractivity (Wildman–Crippen MR) is 123 cm³/mol. The monoisotopic (exact) mass is 419 g/mol. The van der Waals surface area contributed by atoms with Gasteiger partial charge in [0.1, 0.15) is 5.75 Å². The van der Waals surface area contributed by atoms with Crippen LogP contribution < -0.4 is 9.64 Å². The molecule has 0 aliphatic heterocycles. The highest BCUT2D eigenvalue weighted by atomic mass is 16.5. The predicted octanol–water partition coefficient (Wildman–Crippen LogP) is 6.60. The van der Waals surface area contributed by atoms with E-state index < -0.39 is 6.09 Å². The van der Waals surface area contributed by atoms with Crippen LogP contribution in [0.1, 0.15) is 51.9 Å². The molecule has 1 amide bonds. The van der Waals surface area contributed by atoms with Gasteiger partial charge in [-0.2, -0.15) is 0 Å². The number of fused-ring (bicyclic) bond motifs is 4. The van der Waals surface area contributed by atoms with Crippen molar-refractivity contribution in [3.8, 4) is 5.75 Å². The molecule has 0 aromatic heterocycles. The number of hydrogen-bond donors (Lipinski definition) is 1. The maximum absolute atomic E-state index is 12.5. The average molecular weight is 420 g/mol. The number of carboxylic acid groups (broad SMARTS) is 1. The molecule has 2 saturated carbocycles. The third kappa shape index (κ3) is 3.14. The van der Waals surface area contributed by atoms with Crippen LogP contribution in [0, 0.1) is 23.2 Å². The second-order valence-electron chi connectivity index (χ2n) is 10.1. The lowest BCUT2D eigenvalue weighted by molar-refractivity contribution is 0.0468. The molecule has 31 heavy (non-hydrogen) atoms. The molecule has 1 aromatic rings. The Kier molecular flexibility index (Phi) is 4.99. The number of benzene rings is 1. The number of ether oxygens (including phenoxy) is 1. The zero-order valence-electron chi connectivity index (χ0n) is 18.6. The molecule has 1 aromatic carbocycles. The van der Waals surface area contributed by atoms with E-state index in [9.17, 15) is 9.90 Å². The van der Waals surface area contributed by atoms with E-state index in [-0.39, 0.29) is 11.5 Å². The molecule has 1 N–H and O–H groups in total. The van der Waals surface area contributed by atoms with Crippen LogP contribution in [0.4, 0.5) is 10.5 Å². The summed E-state index contributed by atoms with van der Waals surface area (Å²) in [5.41, 5.74) is 5.24. The van der Waals surface area contributed by atoms with Crippen LogP contribution in [0.5, 0.6) is 5.75 Å². The summed E-state index contributed by atoms with van der Waals surface area (Å²) in [6, 6.07) is 7.37. The molecule has 0 radical (unpaired) electrons. The van der Waals surface area contributed by atoms with Crippen molar-refractivity contribution in [2.45, 2.75) is 57.9 Å². The van der Waals surface area contributed by atoms with Gasteiger partial charge in [-0.3, -0.25) is 4.90 Å². The summed E-state index contributed by atoms with van der Waals surface area (Å²) in [6.07, 6.45) is 11.4. The smallest absolute Gasteiger partial charge is 0.412 e. The van der Waals surface area contributed by atoms with E-state index in [1.807, 2.05) is 24.3 Å². The average Bonchev–Trinajstić information content (AvgIpc) is 3.04. The number of rotatable bonds is 3. The van der Waals surface area contributed by atoms with Gasteiger partial charge in [0.25, 0.3) is 0 Å². The van der Waals surface area contributed by atoms with Crippen molar-refractivity contribution in [2.75, 3.05) is 12.0 Å². The van der Waals surface area contributed by atoms with Gasteiger partial charge in [0, 0.05) is 12.1 Å². The van der Waals surface area contributed by atoms with E-state index in [1.165, 1.54) is 24.8 Å². The minimum Gasteiger partial charge on any atom is -0.497 e. The first-order chi connectivity index (χ1) is 14.9. The van der Waals surface area contributed by atoms with E-state index in [0.717, 1.165) is 25.7 Å². The van der Waals surface area contributed by atoms with Gasteiger partial charge in [0.2, 0.25) is 0 Å². The third-order valence-corrected chi connectivity index (χ3v) is 8.71. The SMILES string of the molecule is C=C1C[C@H](N(C(=O)O)c2cccc(OC)c2)[C@@]2(C)CCC3C4=C(CC=CC4)CCC3[C@@H]12. The van der Waals surface area contributed by atoms with E-state index in [1.54, 1.807) is 23.2 Å². The van der Waals surface area contributed by atoms with Gasteiger partial charge < -0.3 is 9.84 Å². The highest BCUT2D eigenvalue weighted by molar-refractivity contribution is 5.87. The number of hydrogen-bond acceptors (Lipinski definition) is 2. The first-order valence-corrected chi connectivity index (χ1v) is 11.6. The van der Waals surface area contributed by atoms with Crippen molar-refractivity contribution in [3.05, 3.63) is 59.7 Å². The molecule has 5 atom stereocenters. The Morgan fingerprint density at radius 3 is 2.84 bits per heavy atom. The summed E-state index contributed by atoms with van der Waals surface area (Å²) >= 11 is 0. The van der Waals surface area contributed by atoms with Crippen molar-refractivity contribution in [3.63, 3.8) is 0 Å². The first-order valence-electron chi connectivity index (χ1n) is 11.6. The number of anilines is 1. The van der Waals surface area contributed by atoms with E-state index in [4.69, 9.17) is 4.74 Å². The van der Waals surface area contributed by atoms with Crippen LogP contribution in [-0.2, 0) is 0 Å². The molecule has 0 heterocycles.